The number of carbonyl (C=O) groups excluding carboxylic acids is 1. The molecule has 1 aliphatic rings. The average Bonchev–Trinajstić information content (AvgIpc) is 3.27. The number of aryl methyl sites for hydroxylation is 1. The Kier molecular flexibility index (Phi) is 6.72. The SMILES string of the molecule is CCC(=O)N1CCCCC1n1cc(Nc2ncc(C)c(-c3ccc(C(C)C)c(F)c3)n2)cn1. The van der Waals surface area contributed by atoms with Crippen LogP contribution in [-0.2, 0) is 4.79 Å². The molecule has 1 unspecified atom stereocenters. The van der Waals surface area contributed by atoms with Crippen LogP contribution in [0.4, 0.5) is 16.0 Å². The van der Waals surface area contributed by atoms with Gasteiger partial charge in [0, 0.05) is 24.7 Å². The number of halogens is 1. The summed E-state index contributed by atoms with van der Waals surface area (Å²) in [6.07, 6.45) is 8.71. The van der Waals surface area contributed by atoms with Crippen LogP contribution in [-0.4, -0.2) is 37.1 Å². The molecule has 7 nitrogen and oxygen atoms in total. The van der Waals surface area contributed by atoms with Crippen LogP contribution in [0.25, 0.3) is 11.3 Å². The van der Waals surface area contributed by atoms with Gasteiger partial charge < -0.3 is 10.2 Å². The van der Waals surface area contributed by atoms with E-state index in [1.807, 2.05) is 55.6 Å². The number of nitrogens with one attached hydrogen (secondary N) is 1. The maximum absolute atomic E-state index is 14.6. The van der Waals surface area contributed by atoms with Crippen LogP contribution in [0.3, 0.4) is 0 Å². The van der Waals surface area contributed by atoms with Gasteiger partial charge in [-0.25, -0.2) is 19.0 Å². The smallest absolute Gasteiger partial charge is 0.227 e. The van der Waals surface area contributed by atoms with Gasteiger partial charge in [-0.2, -0.15) is 5.10 Å². The van der Waals surface area contributed by atoms with E-state index in [1.165, 1.54) is 6.07 Å². The van der Waals surface area contributed by atoms with Gasteiger partial charge in [0.1, 0.15) is 12.0 Å². The van der Waals surface area contributed by atoms with Crippen molar-refractivity contribution in [1.29, 1.82) is 0 Å². The molecule has 1 aromatic carbocycles. The van der Waals surface area contributed by atoms with E-state index in [4.69, 9.17) is 0 Å². The monoisotopic (exact) mass is 450 g/mol. The maximum atomic E-state index is 14.6. The lowest BCUT2D eigenvalue weighted by Crippen LogP contribution is -2.41. The normalized spacial score (nSPS) is 16.3. The van der Waals surface area contributed by atoms with Crippen molar-refractivity contribution in [3.8, 4) is 11.3 Å². The third-order valence-corrected chi connectivity index (χ3v) is 6.12. The molecule has 33 heavy (non-hydrogen) atoms. The minimum atomic E-state index is -0.227. The molecule has 1 fully saturated rings. The van der Waals surface area contributed by atoms with E-state index < -0.39 is 0 Å². The number of nitrogens with zero attached hydrogens (tertiary/aromatic N) is 5. The summed E-state index contributed by atoms with van der Waals surface area (Å²) in [4.78, 5) is 23.3. The maximum Gasteiger partial charge on any atom is 0.227 e. The summed E-state index contributed by atoms with van der Waals surface area (Å²) in [6, 6.07) is 5.26. The Morgan fingerprint density at radius 2 is 2.09 bits per heavy atom. The summed E-state index contributed by atoms with van der Waals surface area (Å²) >= 11 is 0. The van der Waals surface area contributed by atoms with Crippen molar-refractivity contribution >= 4 is 17.5 Å². The number of carbonyl (C=O) groups is 1. The number of aromatic nitrogens is 4. The molecule has 2 aromatic heterocycles. The van der Waals surface area contributed by atoms with Crippen molar-refractivity contribution in [1.82, 2.24) is 24.6 Å². The van der Waals surface area contributed by atoms with Crippen molar-refractivity contribution in [2.24, 2.45) is 0 Å². The van der Waals surface area contributed by atoms with Gasteiger partial charge in [0.25, 0.3) is 0 Å². The van der Waals surface area contributed by atoms with Gasteiger partial charge in [0.05, 0.1) is 23.8 Å². The van der Waals surface area contributed by atoms with Crippen molar-refractivity contribution < 1.29 is 9.18 Å². The zero-order valence-electron chi connectivity index (χ0n) is 19.7. The quantitative estimate of drug-likeness (QED) is 0.531. The summed E-state index contributed by atoms with van der Waals surface area (Å²) in [7, 11) is 0. The number of amides is 1. The lowest BCUT2D eigenvalue weighted by molar-refractivity contribution is -0.137. The average molecular weight is 451 g/mol. The van der Waals surface area contributed by atoms with Crippen molar-refractivity contribution in [2.75, 3.05) is 11.9 Å². The van der Waals surface area contributed by atoms with E-state index in [9.17, 15) is 9.18 Å². The highest BCUT2D eigenvalue weighted by Gasteiger charge is 2.27. The fourth-order valence-corrected chi connectivity index (χ4v) is 4.31. The second-order valence-corrected chi connectivity index (χ2v) is 8.87. The van der Waals surface area contributed by atoms with E-state index in [1.54, 1.807) is 12.4 Å². The molecule has 0 saturated carbocycles. The Bertz CT molecular complexity index is 1140. The molecular weight excluding hydrogens is 419 g/mol. The fraction of sp³-hybridized carbons (Fsp3) is 0.440. The van der Waals surface area contributed by atoms with E-state index in [0.717, 1.165) is 37.1 Å². The van der Waals surface area contributed by atoms with Crippen molar-refractivity contribution in [3.63, 3.8) is 0 Å². The number of piperidine rings is 1. The van der Waals surface area contributed by atoms with Crippen LogP contribution in [0.15, 0.2) is 36.8 Å². The molecule has 174 valence electrons. The van der Waals surface area contributed by atoms with Gasteiger partial charge in [-0.15, -0.1) is 0 Å². The van der Waals surface area contributed by atoms with E-state index in [2.05, 4.69) is 20.4 Å². The standard InChI is InChI=1S/C25H31FN6O/c1-5-23(33)31-11-7-6-8-22(31)32-15-19(14-28-32)29-25-27-13-17(4)24(30-25)18-9-10-20(16(2)3)21(26)12-18/h9-10,12-16,22H,5-8,11H2,1-4H3,(H,27,29,30). The number of hydrogen-bond acceptors (Lipinski definition) is 5. The van der Waals surface area contributed by atoms with Crippen LogP contribution in [0, 0.1) is 12.7 Å². The largest absolute Gasteiger partial charge is 0.321 e. The molecule has 1 atom stereocenters. The third-order valence-electron chi connectivity index (χ3n) is 6.12. The topological polar surface area (TPSA) is 75.9 Å². The molecule has 3 aromatic rings. The summed E-state index contributed by atoms with van der Waals surface area (Å²) in [6.45, 7) is 8.50. The first-order valence-corrected chi connectivity index (χ1v) is 11.6. The molecule has 1 saturated heterocycles. The number of hydrogen-bond donors (Lipinski definition) is 1. The Morgan fingerprint density at radius 3 is 2.82 bits per heavy atom. The minimum absolute atomic E-state index is 0.0707. The second kappa shape index (κ2) is 9.68. The molecule has 4 rings (SSSR count). The Labute approximate surface area is 194 Å². The van der Waals surface area contributed by atoms with Gasteiger partial charge in [-0.1, -0.05) is 32.9 Å². The van der Waals surface area contributed by atoms with Gasteiger partial charge >= 0.3 is 0 Å². The highest BCUT2D eigenvalue weighted by atomic mass is 19.1. The lowest BCUT2D eigenvalue weighted by atomic mass is 9.99. The minimum Gasteiger partial charge on any atom is -0.321 e. The predicted octanol–water partition coefficient (Wildman–Crippen LogP) is 5.58. The lowest BCUT2D eigenvalue weighted by Gasteiger charge is -2.35. The first kappa shape index (κ1) is 22.9. The summed E-state index contributed by atoms with van der Waals surface area (Å²) in [5.41, 5.74) is 3.69. The van der Waals surface area contributed by atoms with Crippen LogP contribution in [0.5, 0.6) is 0 Å². The van der Waals surface area contributed by atoms with E-state index >= 15 is 0 Å². The van der Waals surface area contributed by atoms with Gasteiger partial charge in [0.15, 0.2) is 0 Å². The summed E-state index contributed by atoms with van der Waals surface area (Å²) in [5.74, 6) is 0.447. The molecule has 1 amide bonds. The van der Waals surface area contributed by atoms with Crippen molar-refractivity contribution in [2.45, 2.75) is 65.5 Å². The molecule has 0 aliphatic carbocycles. The second-order valence-electron chi connectivity index (χ2n) is 8.87. The molecule has 0 bridgehead atoms. The van der Waals surface area contributed by atoms with Gasteiger partial charge in [-0.05, 0) is 49.3 Å². The van der Waals surface area contributed by atoms with Crippen LogP contribution in [0.1, 0.15) is 69.7 Å². The zero-order valence-corrected chi connectivity index (χ0v) is 19.7. The first-order chi connectivity index (χ1) is 15.9. The van der Waals surface area contributed by atoms with Crippen LogP contribution in [0.2, 0.25) is 0 Å². The third kappa shape index (κ3) is 4.89. The van der Waals surface area contributed by atoms with E-state index in [0.29, 0.717) is 29.2 Å². The van der Waals surface area contributed by atoms with Crippen molar-refractivity contribution in [3.05, 3.63) is 53.7 Å². The van der Waals surface area contributed by atoms with E-state index in [-0.39, 0.29) is 23.8 Å². The zero-order chi connectivity index (χ0) is 23.5. The molecule has 1 aliphatic heterocycles. The molecule has 0 radical (unpaired) electrons. The Hall–Kier alpha value is -3.29. The summed E-state index contributed by atoms with van der Waals surface area (Å²) < 4.78 is 16.4. The van der Waals surface area contributed by atoms with Gasteiger partial charge in [0.2, 0.25) is 11.9 Å². The number of benzene rings is 1. The van der Waals surface area contributed by atoms with Crippen LogP contribution < -0.4 is 5.32 Å². The number of likely N-dealkylation sites (tertiary alicyclic amines) is 1. The molecule has 3 heterocycles. The first-order valence-electron chi connectivity index (χ1n) is 11.6. The fourth-order valence-electron chi connectivity index (χ4n) is 4.31. The molecule has 1 N–H and O–H groups in total. The van der Waals surface area contributed by atoms with Gasteiger partial charge in [-0.3, -0.25) is 4.79 Å². The highest BCUT2D eigenvalue weighted by molar-refractivity contribution is 5.76. The number of anilines is 2. The Morgan fingerprint density at radius 1 is 1.27 bits per heavy atom. The summed E-state index contributed by atoms with van der Waals surface area (Å²) in [5, 5.41) is 7.69. The highest BCUT2D eigenvalue weighted by Crippen LogP contribution is 2.29. The number of rotatable bonds is 6. The molecule has 0 spiro atoms. The van der Waals surface area contributed by atoms with Crippen LogP contribution >= 0.6 is 0 Å². The Balaban J connectivity index is 1.56. The molecular formula is C25H31FN6O. The predicted molar refractivity (Wildman–Crippen MR) is 127 cm³/mol. The molecule has 8 heteroatoms.